The normalized spacial score (nSPS) is 12.0. The molecule has 0 aliphatic carbocycles. The van der Waals surface area contributed by atoms with E-state index in [2.05, 4.69) is 0 Å². The van der Waals surface area contributed by atoms with Crippen LogP contribution in [0.5, 0.6) is 0 Å². The molecule has 0 heterocycles. The SMILES string of the molecule is CC(C)CCS(=O)(=O)Cc1cc(N)cc(F)c1. The Morgan fingerprint density at radius 3 is 2.47 bits per heavy atom. The first-order chi connectivity index (χ1) is 7.78. The molecule has 3 nitrogen and oxygen atoms in total. The summed E-state index contributed by atoms with van der Waals surface area (Å²) in [6, 6.07) is 3.88. The Balaban J connectivity index is 2.76. The van der Waals surface area contributed by atoms with Crippen LogP contribution < -0.4 is 5.73 Å². The smallest absolute Gasteiger partial charge is 0.154 e. The monoisotopic (exact) mass is 259 g/mol. The van der Waals surface area contributed by atoms with Crippen LogP contribution >= 0.6 is 0 Å². The van der Waals surface area contributed by atoms with Crippen LogP contribution in [0.15, 0.2) is 18.2 Å². The van der Waals surface area contributed by atoms with E-state index < -0.39 is 15.7 Å². The van der Waals surface area contributed by atoms with Crippen LogP contribution in [0.1, 0.15) is 25.8 Å². The summed E-state index contributed by atoms with van der Waals surface area (Å²) < 4.78 is 36.6. The number of hydrogen-bond acceptors (Lipinski definition) is 3. The lowest BCUT2D eigenvalue weighted by molar-refractivity contribution is 0.572. The molecule has 0 aromatic heterocycles. The highest BCUT2D eigenvalue weighted by Gasteiger charge is 2.13. The maximum absolute atomic E-state index is 13.0. The Labute approximate surface area is 102 Å². The van der Waals surface area contributed by atoms with E-state index in [0.29, 0.717) is 17.9 Å². The van der Waals surface area contributed by atoms with E-state index in [4.69, 9.17) is 5.73 Å². The fourth-order valence-corrected chi connectivity index (χ4v) is 3.15. The van der Waals surface area contributed by atoms with Gasteiger partial charge in [-0.1, -0.05) is 13.8 Å². The van der Waals surface area contributed by atoms with Crippen LogP contribution in [0.2, 0.25) is 0 Å². The molecule has 0 saturated carbocycles. The summed E-state index contributed by atoms with van der Waals surface area (Å²) in [6.07, 6.45) is 0.618. The molecule has 1 aromatic carbocycles. The third kappa shape index (κ3) is 5.17. The molecular formula is C12H18FNO2S. The van der Waals surface area contributed by atoms with Crippen LogP contribution in [-0.2, 0) is 15.6 Å². The predicted molar refractivity (Wildman–Crippen MR) is 67.8 cm³/mol. The van der Waals surface area contributed by atoms with E-state index in [1.165, 1.54) is 18.2 Å². The number of nitrogen functional groups attached to an aromatic ring is 1. The van der Waals surface area contributed by atoms with Crippen molar-refractivity contribution in [1.29, 1.82) is 0 Å². The number of sulfone groups is 1. The van der Waals surface area contributed by atoms with Crippen molar-refractivity contribution in [2.45, 2.75) is 26.0 Å². The third-order valence-corrected chi connectivity index (χ3v) is 4.00. The maximum Gasteiger partial charge on any atom is 0.154 e. The number of nitrogens with two attached hydrogens (primary N) is 1. The lowest BCUT2D eigenvalue weighted by atomic mass is 10.2. The minimum atomic E-state index is -3.19. The molecule has 0 aliphatic rings. The Kier molecular flexibility index (Phi) is 4.51. The minimum Gasteiger partial charge on any atom is -0.399 e. The van der Waals surface area contributed by atoms with Crippen LogP contribution in [0.25, 0.3) is 0 Å². The largest absolute Gasteiger partial charge is 0.399 e. The van der Waals surface area contributed by atoms with Crippen LogP contribution in [0.3, 0.4) is 0 Å². The number of benzene rings is 1. The number of anilines is 1. The summed E-state index contributed by atoms with van der Waals surface area (Å²) >= 11 is 0. The Morgan fingerprint density at radius 1 is 1.29 bits per heavy atom. The lowest BCUT2D eigenvalue weighted by Gasteiger charge is -2.07. The van der Waals surface area contributed by atoms with Crippen molar-refractivity contribution >= 4 is 15.5 Å². The van der Waals surface area contributed by atoms with Gasteiger partial charge in [-0.15, -0.1) is 0 Å². The molecule has 17 heavy (non-hydrogen) atoms. The van der Waals surface area contributed by atoms with Crippen molar-refractivity contribution in [1.82, 2.24) is 0 Å². The molecule has 0 spiro atoms. The summed E-state index contributed by atoms with van der Waals surface area (Å²) in [4.78, 5) is 0. The first-order valence-electron chi connectivity index (χ1n) is 5.54. The van der Waals surface area contributed by atoms with Gasteiger partial charge >= 0.3 is 0 Å². The van der Waals surface area contributed by atoms with Crippen LogP contribution in [0, 0.1) is 11.7 Å². The molecule has 1 rings (SSSR count). The van der Waals surface area contributed by atoms with Gasteiger partial charge in [0.15, 0.2) is 9.84 Å². The molecule has 0 aliphatic heterocycles. The maximum atomic E-state index is 13.0. The Morgan fingerprint density at radius 2 is 1.94 bits per heavy atom. The van der Waals surface area contributed by atoms with Crippen molar-refractivity contribution < 1.29 is 12.8 Å². The van der Waals surface area contributed by atoms with Crippen molar-refractivity contribution in [2.24, 2.45) is 5.92 Å². The molecule has 0 bridgehead atoms. The number of halogens is 1. The minimum absolute atomic E-state index is 0.126. The van der Waals surface area contributed by atoms with E-state index >= 15 is 0 Å². The highest BCUT2D eigenvalue weighted by atomic mass is 32.2. The molecule has 0 fully saturated rings. The van der Waals surface area contributed by atoms with Crippen LogP contribution in [0.4, 0.5) is 10.1 Å². The van der Waals surface area contributed by atoms with E-state index in [1.807, 2.05) is 13.8 Å². The summed E-state index contributed by atoms with van der Waals surface area (Å²) in [5.74, 6) is -0.190. The zero-order valence-corrected chi connectivity index (χ0v) is 10.9. The number of rotatable bonds is 5. The second-order valence-corrected chi connectivity index (χ2v) is 6.85. The molecule has 96 valence electrons. The van der Waals surface area contributed by atoms with Gasteiger partial charge in [0, 0.05) is 5.69 Å². The van der Waals surface area contributed by atoms with Crippen LogP contribution in [-0.4, -0.2) is 14.2 Å². The van der Waals surface area contributed by atoms with Gasteiger partial charge in [0.1, 0.15) is 5.82 Å². The summed E-state index contributed by atoms with van der Waals surface area (Å²) in [7, 11) is -3.19. The first-order valence-corrected chi connectivity index (χ1v) is 7.36. The summed E-state index contributed by atoms with van der Waals surface area (Å²) in [5.41, 5.74) is 6.12. The summed E-state index contributed by atoms with van der Waals surface area (Å²) in [6.45, 7) is 3.94. The zero-order chi connectivity index (χ0) is 13.1. The van der Waals surface area contributed by atoms with E-state index in [9.17, 15) is 12.8 Å². The quantitative estimate of drug-likeness (QED) is 0.826. The molecule has 0 atom stereocenters. The molecule has 2 N–H and O–H groups in total. The fraction of sp³-hybridized carbons (Fsp3) is 0.500. The van der Waals surface area contributed by atoms with E-state index in [1.54, 1.807) is 0 Å². The second kappa shape index (κ2) is 5.49. The van der Waals surface area contributed by atoms with Gasteiger partial charge in [-0.05, 0) is 36.1 Å². The van der Waals surface area contributed by atoms with E-state index in [0.717, 1.165) is 0 Å². The van der Waals surface area contributed by atoms with Gasteiger partial charge in [-0.2, -0.15) is 0 Å². The van der Waals surface area contributed by atoms with Crippen molar-refractivity contribution in [2.75, 3.05) is 11.5 Å². The van der Waals surface area contributed by atoms with Gasteiger partial charge in [0.25, 0.3) is 0 Å². The van der Waals surface area contributed by atoms with Gasteiger partial charge in [0.2, 0.25) is 0 Å². The molecular weight excluding hydrogens is 241 g/mol. The van der Waals surface area contributed by atoms with Crippen molar-refractivity contribution in [3.8, 4) is 0 Å². The number of hydrogen-bond donors (Lipinski definition) is 1. The molecule has 5 heteroatoms. The van der Waals surface area contributed by atoms with Gasteiger partial charge in [-0.25, -0.2) is 12.8 Å². The highest BCUT2D eigenvalue weighted by molar-refractivity contribution is 7.90. The first kappa shape index (κ1) is 14.0. The Hall–Kier alpha value is -1.10. The molecule has 0 radical (unpaired) electrons. The van der Waals surface area contributed by atoms with Crippen molar-refractivity contribution in [3.63, 3.8) is 0 Å². The van der Waals surface area contributed by atoms with Gasteiger partial charge < -0.3 is 5.73 Å². The predicted octanol–water partition coefficient (Wildman–Crippen LogP) is 2.37. The standard InChI is InChI=1S/C12H18FNO2S/c1-9(2)3-4-17(15,16)8-10-5-11(13)7-12(14)6-10/h5-7,9H,3-4,8,14H2,1-2H3. The fourth-order valence-electron chi connectivity index (χ4n) is 1.50. The average Bonchev–Trinajstić information content (AvgIpc) is 2.12. The molecule has 1 aromatic rings. The van der Waals surface area contributed by atoms with Crippen molar-refractivity contribution in [3.05, 3.63) is 29.6 Å². The van der Waals surface area contributed by atoms with Gasteiger partial charge in [-0.3, -0.25) is 0 Å². The summed E-state index contributed by atoms with van der Waals surface area (Å²) in [5, 5.41) is 0. The second-order valence-electron chi connectivity index (χ2n) is 4.67. The topological polar surface area (TPSA) is 60.2 Å². The Bertz CT molecular complexity index is 463. The van der Waals surface area contributed by atoms with E-state index in [-0.39, 0.29) is 17.2 Å². The molecule has 0 unspecified atom stereocenters. The molecule has 0 amide bonds. The third-order valence-electron chi connectivity index (χ3n) is 2.37. The lowest BCUT2D eigenvalue weighted by Crippen LogP contribution is -2.11. The highest BCUT2D eigenvalue weighted by Crippen LogP contribution is 2.15. The van der Waals surface area contributed by atoms with Gasteiger partial charge in [0.05, 0.1) is 11.5 Å². The zero-order valence-electron chi connectivity index (χ0n) is 10.1. The average molecular weight is 259 g/mol. The molecule has 0 saturated heterocycles.